The van der Waals surface area contributed by atoms with Crippen LogP contribution in [0, 0.1) is 39.2 Å². The van der Waals surface area contributed by atoms with Gasteiger partial charge in [0.1, 0.15) is 5.58 Å². The number of fused-ring (bicyclic) bond motifs is 7. The largest absolute Gasteiger partial charge is 3.00 e. The van der Waals surface area contributed by atoms with E-state index in [0.29, 0.717) is 46.4 Å². The van der Waals surface area contributed by atoms with Gasteiger partial charge in [-0.15, -0.1) is 35.4 Å². The monoisotopic (exact) mass is 920 g/mol. The molecule has 9 rings (SSSR count). The van der Waals surface area contributed by atoms with Gasteiger partial charge >= 0.3 is 20.1 Å². The van der Waals surface area contributed by atoms with Crippen LogP contribution in [0.5, 0.6) is 0 Å². The third kappa shape index (κ3) is 7.50. The summed E-state index contributed by atoms with van der Waals surface area (Å²) in [6.07, 6.45) is 6.44. The Morgan fingerprint density at radius 1 is 0.875 bits per heavy atom. The van der Waals surface area contributed by atoms with Crippen LogP contribution in [0.4, 0.5) is 0 Å². The summed E-state index contributed by atoms with van der Waals surface area (Å²) in [5.41, 5.74) is 7.66. The molecule has 0 unspecified atom stereocenters. The van der Waals surface area contributed by atoms with Crippen molar-refractivity contribution >= 4 is 43.5 Å². The second kappa shape index (κ2) is 15.2. The van der Waals surface area contributed by atoms with Crippen molar-refractivity contribution in [3.8, 4) is 22.5 Å². The maximum atomic E-state index is 9.42. The SMILES string of the molecule is [2H]C([2H])([2H])c1ccc(-c2ccc(C(C)(C)C)c[n+]2[CH2-])c([CH2-])c1.[2H]C([2H])([2H])c1cnc(-c2[c-]ccc3c2oc2c3ccc3ccc4ccccc4c32)cc1C1([2H])CCC(C)(C)CC1.[Ir+3]. The Kier molecular flexibility index (Phi) is 8.49. The molecule has 5 aromatic carbocycles. The van der Waals surface area contributed by atoms with Gasteiger partial charge in [-0.2, -0.15) is 18.6 Å². The van der Waals surface area contributed by atoms with Crippen molar-refractivity contribution in [1.82, 2.24) is 4.98 Å². The molecule has 1 aliphatic rings. The van der Waals surface area contributed by atoms with E-state index in [1.165, 1.54) is 11.8 Å². The van der Waals surface area contributed by atoms with E-state index in [9.17, 15) is 1.37 Å². The van der Waals surface area contributed by atoms with E-state index in [2.05, 4.69) is 102 Å². The first-order chi connectivity index (χ1) is 29.0. The molecule has 3 heterocycles. The van der Waals surface area contributed by atoms with Crippen molar-refractivity contribution < 1.29 is 38.7 Å². The van der Waals surface area contributed by atoms with Crippen molar-refractivity contribution in [3.05, 3.63) is 157 Å². The number of rotatable bonds is 3. The number of aryl methyl sites for hydroxylation is 2. The second-order valence-corrected chi connectivity index (χ2v) is 16.8. The molecule has 1 aliphatic carbocycles. The minimum atomic E-state index is -2.35. The Morgan fingerprint density at radius 2 is 1.62 bits per heavy atom. The molecule has 0 N–H and O–H groups in total. The molecule has 0 spiro atoms. The Hall–Kier alpha value is -4.89. The molecule has 3 nitrogen and oxygen atoms in total. The number of furan rings is 1. The summed E-state index contributed by atoms with van der Waals surface area (Å²) >= 11 is 0. The average molecular weight is 920 g/mol. The van der Waals surface area contributed by atoms with Gasteiger partial charge < -0.3 is 14.0 Å². The number of aromatic nitrogens is 2. The second-order valence-electron chi connectivity index (χ2n) is 16.8. The zero-order chi connectivity index (χ0) is 44.6. The predicted molar refractivity (Wildman–Crippen MR) is 231 cm³/mol. The molecule has 0 radical (unpaired) electrons. The van der Waals surface area contributed by atoms with E-state index >= 15 is 0 Å². The van der Waals surface area contributed by atoms with Gasteiger partial charge in [-0.3, -0.25) is 0 Å². The number of hydrogen-bond donors (Lipinski definition) is 0. The summed E-state index contributed by atoms with van der Waals surface area (Å²) in [5.74, 6) is -0.978. The van der Waals surface area contributed by atoms with Gasteiger partial charge in [0, 0.05) is 33.6 Å². The van der Waals surface area contributed by atoms with Crippen LogP contribution in [0.1, 0.15) is 104 Å². The first-order valence-electron chi connectivity index (χ1n) is 22.6. The molecule has 8 aromatic rings. The van der Waals surface area contributed by atoms with Crippen LogP contribution in [-0.4, -0.2) is 4.98 Å². The predicted octanol–water partition coefficient (Wildman–Crippen LogP) is 13.8. The Morgan fingerprint density at radius 3 is 2.36 bits per heavy atom. The summed E-state index contributed by atoms with van der Waals surface area (Å²) in [6, 6.07) is 35.0. The Labute approximate surface area is 356 Å². The van der Waals surface area contributed by atoms with Crippen LogP contribution < -0.4 is 4.57 Å². The molecule has 1 saturated carbocycles. The first-order valence-corrected chi connectivity index (χ1v) is 19.1. The number of pyridine rings is 2. The fourth-order valence-electron chi connectivity index (χ4n) is 7.94. The molecule has 0 saturated heterocycles. The molecule has 3 aromatic heterocycles. The molecule has 0 atom stereocenters. The molecule has 56 heavy (non-hydrogen) atoms. The average Bonchev–Trinajstić information content (AvgIpc) is 3.60. The van der Waals surface area contributed by atoms with Crippen LogP contribution in [0.25, 0.3) is 66.0 Å². The molecule has 0 amide bonds. The van der Waals surface area contributed by atoms with E-state index in [1.54, 1.807) is 18.2 Å². The van der Waals surface area contributed by atoms with Gasteiger partial charge in [0.15, 0.2) is 0 Å². The van der Waals surface area contributed by atoms with Gasteiger partial charge in [-0.05, 0) is 87.8 Å². The quantitative estimate of drug-likeness (QED) is 0.100. The van der Waals surface area contributed by atoms with E-state index in [1.807, 2.05) is 47.2 Å². The minimum Gasteiger partial charge on any atom is -0.500 e. The van der Waals surface area contributed by atoms with Crippen molar-refractivity contribution in [3.63, 3.8) is 0 Å². The van der Waals surface area contributed by atoms with E-state index in [4.69, 9.17) is 12.6 Å². The van der Waals surface area contributed by atoms with Crippen LogP contribution in [0.2, 0.25) is 0 Å². The third-order valence-corrected chi connectivity index (χ3v) is 11.3. The van der Waals surface area contributed by atoms with E-state index in [0.717, 1.165) is 62.0 Å². The molecule has 1 fully saturated rings. The summed E-state index contributed by atoms with van der Waals surface area (Å²) in [7, 11) is 4.06. The van der Waals surface area contributed by atoms with Crippen LogP contribution in [-0.2, 0) is 25.5 Å². The van der Waals surface area contributed by atoms with Crippen molar-refractivity contribution in [1.29, 1.82) is 0 Å². The van der Waals surface area contributed by atoms with E-state index < -0.39 is 19.6 Å². The fraction of sp³-hybridized carbons (Fsp3) is 0.269. The number of nitrogens with zero attached hydrogens (tertiary/aromatic N) is 2. The zero-order valence-corrected chi connectivity index (χ0v) is 35.2. The van der Waals surface area contributed by atoms with Crippen LogP contribution >= 0.6 is 0 Å². The maximum absolute atomic E-state index is 9.42. The normalized spacial score (nSPS) is 17.3. The molecule has 0 bridgehead atoms. The third-order valence-electron chi connectivity index (χ3n) is 11.3. The number of hydrogen-bond acceptors (Lipinski definition) is 2. The van der Waals surface area contributed by atoms with Crippen molar-refractivity contribution in [2.24, 2.45) is 5.41 Å². The zero-order valence-electron chi connectivity index (χ0n) is 39.8. The van der Waals surface area contributed by atoms with Gasteiger partial charge in [0.05, 0.1) is 17.5 Å². The molecule has 284 valence electrons. The topological polar surface area (TPSA) is 29.9 Å². The summed E-state index contributed by atoms with van der Waals surface area (Å²) < 4.78 is 64.9. The maximum Gasteiger partial charge on any atom is 3.00 e. The van der Waals surface area contributed by atoms with Gasteiger partial charge in [0.2, 0.25) is 0 Å². The summed E-state index contributed by atoms with van der Waals surface area (Å²) in [6.45, 7) is 10.4. The molecular weight excluding hydrogens is 861 g/mol. The standard InChI is InChI=1S/C34H30NO.C18H22N.Ir/c1-21-20-35-30(19-29(21)23-15-17-34(2,3)18-16-23)28-10-6-9-26-27-14-13-24-12-11-22-7-4-5-8-25(22)31(24)33(27)36-32(26)28;1-13-7-9-16(14(2)11-13)17-10-8-15(12-19(17)6)18(3,4)5;/h4-9,11-14,19-20,23H,15-18H2,1-3H3;7-12H,2,6H2,1,3-5H3;/q2*-1;+3/i1D3,23D;1D3;. The first kappa shape index (κ1) is 31.2. The van der Waals surface area contributed by atoms with Crippen molar-refractivity contribution in [2.75, 3.05) is 0 Å². The minimum absolute atomic E-state index is 0. The van der Waals surface area contributed by atoms with Gasteiger partial charge in [-0.1, -0.05) is 125 Å². The van der Waals surface area contributed by atoms with Crippen molar-refractivity contribution in [2.45, 2.75) is 85.3 Å². The summed E-state index contributed by atoms with van der Waals surface area (Å²) in [5, 5.41) is 6.43. The van der Waals surface area contributed by atoms with Crippen LogP contribution in [0.3, 0.4) is 0 Å². The Balaban J connectivity index is 0.000000221. The smallest absolute Gasteiger partial charge is 0.500 e. The number of benzene rings is 5. The van der Waals surface area contributed by atoms with E-state index in [-0.39, 0.29) is 36.5 Å². The van der Waals surface area contributed by atoms with Gasteiger partial charge in [0.25, 0.3) is 0 Å². The van der Waals surface area contributed by atoms with Crippen LogP contribution in [0.15, 0.2) is 114 Å². The molecular formula is C52H52IrN2O+. The Bertz CT molecular complexity index is 2940. The molecule has 4 heteroatoms. The summed E-state index contributed by atoms with van der Waals surface area (Å²) in [4.78, 5) is 4.63. The van der Waals surface area contributed by atoms with Gasteiger partial charge in [-0.25, -0.2) is 0 Å². The molecule has 0 aliphatic heterocycles. The fourth-order valence-corrected chi connectivity index (χ4v) is 7.94.